The van der Waals surface area contributed by atoms with Crippen molar-refractivity contribution >= 4 is 33.8 Å². The van der Waals surface area contributed by atoms with Crippen LogP contribution in [0.25, 0.3) is 0 Å². The highest BCUT2D eigenvalue weighted by atomic mass is 35.5. The Balaban J connectivity index is 2.57. The first-order valence-corrected chi connectivity index (χ1v) is 4.08. The van der Waals surface area contributed by atoms with Crippen LogP contribution in [0.2, 0.25) is 4.34 Å². The number of anilines is 1. The Hall–Kier alpha value is -0.580. The van der Waals surface area contributed by atoms with E-state index >= 15 is 0 Å². The van der Waals surface area contributed by atoms with Crippen LogP contribution in [0.15, 0.2) is 12.1 Å². The second-order valence-corrected chi connectivity index (χ2v) is 3.53. The summed E-state index contributed by atoms with van der Waals surface area (Å²) in [5.74, 6) is -0.427. The normalized spacial score (nSPS) is 9.64. The van der Waals surface area contributed by atoms with E-state index in [9.17, 15) is 4.79 Å². The van der Waals surface area contributed by atoms with Crippen molar-refractivity contribution in [1.82, 2.24) is 0 Å². The molecule has 11 heavy (non-hydrogen) atoms. The summed E-state index contributed by atoms with van der Waals surface area (Å²) in [5.41, 5.74) is 0. The van der Waals surface area contributed by atoms with E-state index in [0.29, 0.717) is 9.34 Å². The fourth-order valence-electron chi connectivity index (χ4n) is 0.558. The maximum absolute atomic E-state index is 10.6. The summed E-state index contributed by atoms with van der Waals surface area (Å²) in [6.07, 6.45) is 0. The van der Waals surface area contributed by atoms with Crippen molar-refractivity contribution in [2.24, 2.45) is 0 Å². The lowest BCUT2D eigenvalue weighted by molar-refractivity contribution is -0.118. The van der Waals surface area contributed by atoms with Gasteiger partial charge < -0.3 is 10.4 Å². The number of rotatable bonds is 2. The van der Waals surface area contributed by atoms with Crippen molar-refractivity contribution in [3.05, 3.63) is 16.5 Å². The van der Waals surface area contributed by atoms with Gasteiger partial charge in [0.2, 0.25) is 0 Å². The van der Waals surface area contributed by atoms with Crippen molar-refractivity contribution in [2.75, 3.05) is 11.9 Å². The molecule has 1 aromatic rings. The van der Waals surface area contributed by atoms with E-state index in [-0.39, 0.29) is 0 Å². The Kier molecular flexibility index (Phi) is 2.87. The number of halogens is 1. The van der Waals surface area contributed by atoms with Gasteiger partial charge in [0.1, 0.15) is 6.61 Å². The highest BCUT2D eigenvalue weighted by Gasteiger charge is 2.01. The predicted molar refractivity (Wildman–Crippen MR) is 45.0 cm³/mol. The number of aliphatic hydroxyl groups excluding tert-OH is 1. The van der Waals surface area contributed by atoms with Gasteiger partial charge >= 0.3 is 0 Å². The Bertz CT molecular complexity index is 261. The van der Waals surface area contributed by atoms with Crippen LogP contribution < -0.4 is 5.32 Å². The highest BCUT2D eigenvalue weighted by molar-refractivity contribution is 7.20. The zero-order chi connectivity index (χ0) is 8.27. The minimum Gasteiger partial charge on any atom is -0.387 e. The molecule has 0 aliphatic carbocycles. The molecule has 0 radical (unpaired) electrons. The second kappa shape index (κ2) is 3.71. The maximum atomic E-state index is 10.6. The third-order valence-corrected chi connectivity index (χ3v) is 2.13. The topological polar surface area (TPSA) is 49.3 Å². The lowest BCUT2D eigenvalue weighted by Crippen LogP contribution is -2.14. The number of hydrogen-bond acceptors (Lipinski definition) is 3. The van der Waals surface area contributed by atoms with Crippen molar-refractivity contribution in [3.8, 4) is 0 Å². The molecule has 1 heterocycles. The summed E-state index contributed by atoms with van der Waals surface area (Å²) in [4.78, 5) is 10.6. The van der Waals surface area contributed by atoms with Crippen molar-refractivity contribution in [3.63, 3.8) is 0 Å². The molecule has 5 heteroatoms. The first-order chi connectivity index (χ1) is 5.22. The number of aliphatic hydroxyl groups is 1. The van der Waals surface area contributed by atoms with Gasteiger partial charge in [-0.1, -0.05) is 11.6 Å². The van der Waals surface area contributed by atoms with Crippen LogP contribution in [0.4, 0.5) is 5.00 Å². The highest BCUT2D eigenvalue weighted by Crippen LogP contribution is 2.25. The molecule has 1 amide bonds. The van der Waals surface area contributed by atoms with Gasteiger partial charge in [-0.3, -0.25) is 4.79 Å². The average molecular weight is 192 g/mol. The molecule has 1 aromatic heterocycles. The summed E-state index contributed by atoms with van der Waals surface area (Å²) in [6.45, 7) is -0.504. The van der Waals surface area contributed by atoms with Gasteiger partial charge in [0.05, 0.1) is 9.34 Å². The molecule has 1 rings (SSSR count). The SMILES string of the molecule is O=C(CO)Nc1ccc(Cl)s1. The van der Waals surface area contributed by atoms with Crippen LogP contribution in [-0.4, -0.2) is 17.6 Å². The second-order valence-electron chi connectivity index (χ2n) is 1.81. The van der Waals surface area contributed by atoms with E-state index in [4.69, 9.17) is 16.7 Å². The van der Waals surface area contributed by atoms with Gasteiger partial charge in [-0.2, -0.15) is 0 Å². The molecule has 60 valence electrons. The predicted octanol–water partition coefficient (Wildman–Crippen LogP) is 1.33. The van der Waals surface area contributed by atoms with Gasteiger partial charge in [0, 0.05) is 0 Å². The molecule has 0 bridgehead atoms. The Morgan fingerprint density at radius 3 is 2.91 bits per heavy atom. The first-order valence-electron chi connectivity index (χ1n) is 2.88. The monoisotopic (exact) mass is 191 g/mol. The molecule has 0 unspecified atom stereocenters. The number of nitrogens with one attached hydrogen (secondary N) is 1. The molecular weight excluding hydrogens is 186 g/mol. The summed E-state index contributed by atoms with van der Waals surface area (Å²) in [6, 6.07) is 3.36. The molecule has 0 saturated heterocycles. The molecule has 0 aliphatic rings. The van der Waals surface area contributed by atoms with E-state index < -0.39 is 12.5 Å². The van der Waals surface area contributed by atoms with Crippen LogP contribution in [0.3, 0.4) is 0 Å². The number of thiophene rings is 1. The van der Waals surface area contributed by atoms with Crippen LogP contribution in [0.5, 0.6) is 0 Å². The van der Waals surface area contributed by atoms with Crippen LogP contribution in [0.1, 0.15) is 0 Å². The van der Waals surface area contributed by atoms with Gasteiger partial charge in [0.15, 0.2) is 0 Å². The average Bonchev–Trinajstić information content (AvgIpc) is 2.35. The third kappa shape index (κ3) is 2.49. The minimum atomic E-state index is -0.504. The van der Waals surface area contributed by atoms with E-state index in [1.165, 1.54) is 11.3 Å². The maximum Gasteiger partial charge on any atom is 0.250 e. The largest absolute Gasteiger partial charge is 0.387 e. The van der Waals surface area contributed by atoms with E-state index in [1.807, 2.05) is 0 Å². The quantitative estimate of drug-likeness (QED) is 0.741. The zero-order valence-corrected chi connectivity index (χ0v) is 7.08. The Morgan fingerprint density at radius 1 is 1.73 bits per heavy atom. The van der Waals surface area contributed by atoms with Crippen LogP contribution in [0, 0.1) is 0 Å². The van der Waals surface area contributed by atoms with E-state index in [2.05, 4.69) is 5.32 Å². The lowest BCUT2D eigenvalue weighted by atomic mass is 10.6. The molecule has 3 nitrogen and oxygen atoms in total. The fraction of sp³-hybridized carbons (Fsp3) is 0.167. The number of carbonyl (C=O) groups excluding carboxylic acids is 1. The zero-order valence-electron chi connectivity index (χ0n) is 5.50. The van der Waals surface area contributed by atoms with Gasteiger partial charge in [-0.05, 0) is 12.1 Å². The Morgan fingerprint density at radius 2 is 2.45 bits per heavy atom. The molecule has 0 saturated carbocycles. The third-order valence-electron chi connectivity index (χ3n) is 0.979. The van der Waals surface area contributed by atoms with Gasteiger partial charge in [-0.25, -0.2) is 0 Å². The lowest BCUT2D eigenvalue weighted by Gasteiger charge is -1.95. The summed E-state index contributed by atoms with van der Waals surface area (Å²) in [7, 11) is 0. The standard InChI is InChI=1S/C6H6ClNO2S/c7-4-1-2-6(11-4)8-5(10)3-9/h1-2,9H,3H2,(H,8,10). The van der Waals surface area contributed by atoms with E-state index in [1.54, 1.807) is 12.1 Å². The number of amides is 1. The van der Waals surface area contributed by atoms with E-state index in [0.717, 1.165) is 0 Å². The van der Waals surface area contributed by atoms with Crippen LogP contribution in [-0.2, 0) is 4.79 Å². The van der Waals surface area contributed by atoms with Crippen LogP contribution >= 0.6 is 22.9 Å². The van der Waals surface area contributed by atoms with Crippen molar-refractivity contribution < 1.29 is 9.90 Å². The molecule has 0 atom stereocenters. The fourth-order valence-corrected chi connectivity index (χ4v) is 1.52. The van der Waals surface area contributed by atoms with Crippen molar-refractivity contribution in [1.29, 1.82) is 0 Å². The molecule has 0 fully saturated rings. The van der Waals surface area contributed by atoms with Crippen molar-refractivity contribution in [2.45, 2.75) is 0 Å². The minimum absolute atomic E-state index is 0.427. The molecular formula is C6H6ClNO2S. The number of carbonyl (C=O) groups is 1. The summed E-state index contributed by atoms with van der Waals surface area (Å²) in [5, 5.41) is 11.5. The summed E-state index contributed by atoms with van der Waals surface area (Å²) < 4.78 is 0.609. The Labute approximate surface area is 72.6 Å². The van der Waals surface area contributed by atoms with Gasteiger partial charge in [-0.15, -0.1) is 11.3 Å². The molecule has 0 spiro atoms. The number of hydrogen-bond donors (Lipinski definition) is 2. The smallest absolute Gasteiger partial charge is 0.250 e. The molecule has 2 N–H and O–H groups in total. The first kappa shape index (κ1) is 8.52. The summed E-state index contributed by atoms with van der Waals surface area (Å²) >= 11 is 6.85. The van der Waals surface area contributed by atoms with Gasteiger partial charge in [0.25, 0.3) is 5.91 Å². The molecule has 0 aromatic carbocycles. The molecule has 0 aliphatic heterocycles.